The number of carbonyl (C=O) groups is 2. The molecule has 0 saturated carbocycles. The van der Waals surface area contributed by atoms with Crippen molar-refractivity contribution in [1.29, 1.82) is 0 Å². The Kier molecular flexibility index (Phi) is 5.11. The maximum atomic E-state index is 12.3. The lowest BCUT2D eigenvalue weighted by molar-refractivity contribution is -0.139. The molecule has 1 aliphatic rings. The van der Waals surface area contributed by atoms with Gasteiger partial charge in [-0.25, -0.2) is 4.79 Å². The maximum absolute atomic E-state index is 12.3. The quantitative estimate of drug-likeness (QED) is 0.612. The van der Waals surface area contributed by atoms with E-state index < -0.39 is 12.6 Å². The number of amides is 1. The number of benzene rings is 1. The highest BCUT2D eigenvalue weighted by molar-refractivity contribution is 7.80. The Morgan fingerprint density at radius 2 is 2.18 bits per heavy atom. The van der Waals surface area contributed by atoms with Crippen LogP contribution in [0.15, 0.2) is 30.0 Å². The molecule has 1 heterocycles. The number of ether oxygens (including phenoxy) is 1. The van der Waals surface area contributed by atoms with Crippen molar-refractivity contribution in [2.24, 2.45) is 0 Å². The van der Waals surface area contributed by atoms with Crippen molar-refractivity contribution in [2.45, 2.75) is 13.3 Å². The zero-order chi connectivity index (χ0) is 16.1. The molecule has 1 saturated heterocycles. The molecule has 0 atom stereocenters. The first-order valence-corrected chi connectivity index (χ1v) is 7.22. The van der Waals surface area contributed by atoms with Crippen LogP contribution in [0.1, 0.15) is 18.9 Å². The molecular formula is C15H16N2O4S. The number of nitrogens with one attached hydrogen (secondary N) is 1. The lowest BCUT2D eigenvalue weighted by Gasteiger charge is -2.11. The monoisotopic (exact) mass is 320 g/mol. The first-order valence-electron chi connectivity index (χ1n) is 6.81. The standard InChI is InChI=1S/C15H16N2O4S/c1-2-7-17-14(20)11(16-15(17)22)8-10-5-3-4-6-12(10)21-9-13(18)19/h3-6,8H,2,7,9H2,1H3,(H,16,22)(H,18,19)/b11-8+. The first kappa shape index (κ1) is 16.0. The highest BCUT2D eigenvalue weighted by atomic mass is 32.1. The van der Waals surface area contributed by atoms with Gasteiger partial charge in [-0.2, -0.15) is 0 Å². The number of carbonyl (C=O) groups excluding carboxylic acids is 1. The van der Waals surface area contributed by atoms with Gasteiger partial charge in [-0.15, -0.1) is 0 Å². The van der Waals surface area contributed by atoms with Gasteiger partial charge in [0, 0.05) is 12.1 Å². The Labute approximate surface area is 133 Å². The molecule has 0 unspecified atom stereocenters. The second kappa shape index (κ2) is 7.04. The molecule has 0 aliphatic carbocycles. The SMILES string of the molecule is CCCN1C(=O)/C(=C\c2ccccc2OCC(=O)O)NC1=S. The number of rotatable bonds is 6. The fourth-order valence-electron chi connectivity index (χ4n) is 2.02. The molecule has 7 heteroatoms. The summed E-state index contributed by atoms with van der Waals surface area (Å²) in [6, 6.07) is 6.90. The summed E-state index contributed by atoms with van der Waals surface area (Å²) in [6.07, 6.45) is 2.42. The Morgan fingerprint density at radius 1 is 1.45 bits per heavy atom. The normalized spacial score (nSPS) is 16.0. The van der Waals surface area contributed by atoms with Crippen LogP contribution in [-0.2, 0) is 9.59 Å². The van der Waals surface area contributed by atoms with Crippen molar-refractivity contribution in [1.82, 2.24) is 10.2 Å². The number of thiocarbonyl (C=S) groups is 1. The predicted octanol–water partition coefficient (Wildman–Crippen LogP) is 1.62. The summed E-state index contributed by atoms with van der Waals surface area (Å²) in [5, 5.41) is 11.9. The third-order valence-corrected chi connectivity index (χ3v) is 3.30. The fraction of sp³-hybridized carbons (Fsp3) is 0.267. The van der Waals surface area contributed by atoms with Crippen LogP contribution in [-0.4, -0.2) is 40.1 Å². The zero-order valence-corrected chi connectivity index (χ0v) is 12.9. The number of aliphatic carboxylic acids is 1. The molecule has 0 bridgehead atoms. The fourth-order valence-corrected chi connectivity index (χ4v) is 2.31. The molecule has 0 aromatic heterocycles. The number of para-hydroxylation sites is 1. The molecule has 116 valence electrons. The predicted molar refractivity (Wildman–Crippen MR) is 85.3 cm³/mol. The Hall–Kier alpha value is -2.41. The van der Waals surface area contributed by atoms with E-state index in [0.29, 0.717) is 28.7 Å². The van der Waals surface area contributed by atoms with Crippen LogP contribution >= 0.6 is 12.2 Å². The second-order valence-corrected chi connectivity index (χ2v) is 5.05. The molecule has 2 N–H and O–H groups in total. The van der Waals surface area contributed by atoms with E-state index in [1.54, 1.807) is 30.3 Å². The van der Waals surface area contributed by atoms with Crippen LogP contribution in [0.25, 0.3) is 6.08 Å². The van der Waals surface area contributed by atoms with Gasteiger partial charge in [-0.3, -0.25) is 9.69 Å². The van der Waals surface area contributed by atoms with Gasteiger partial charge in [0.05, 0.1) is 0 Å². The van der Waals surface area contributed by atoms with E-state index in [0.717, 1.165) is 6.42 Å². The minimum Gasteiger partial charge on any atom is -0.481 e. The van der Waals surface area contributed by atoms with Crippen LogP contribution in [0.4, 0.5) is 0 Å². The van der Waals surface area contributed by atoms with Crippen molar-refractivity contribution in [2.75, 3.05) is 13.2 Å². The van der Waals surface area contributed by atoms with E-state index in [-0.39, 0.29) is 5.91 Å². The van der Waals surface area contributed by atoms with Crippen molar-refractivity contribution in [3.63, 3.8) is 0 Å². The summed E-state index contributed by atoms with van der Waals surface area (Å²) in [4.78, 5) is 24.4. The maximum Gasteiger partial charge on any atom is 0.341 e. The van der Waals surface area contributed by atoms with Crippen molar-refractivity contribution < 1.29 is 19.4 Å². The van der Waals surface area contributed by atoms with Crippen molar-refractivity contribution in [3.8, 4) is 5.75 Å². The number of carboxylic acid groups (broad SMARTS) is 1. The Morgan fingerprint density at radius 3 is 2.86 bits per heavy atom. The van der Waals surface area contributed by atoms with Gasteiger partial charge in [-0.1, -0.05) is 25.1 Å². The summed E-state index contributed by atoms with van der Waals surface area (Å²) in [6.45, 7) is 2.08. The summed E-state index contributed by atoms with van der Waals surface area (Å²) in [7, 11) is 0. The molecule has 1 fully saturated rings. The van der Waals surface area contributed by atoms with E-state index >= 15 is 0 Å². The molecule has 1 aliphatic heterocycles. The summed E-state index contributed by atoms with van der Waals surface area (Å²) in [5.41, 5.74) is 0.963. The zero-order valence-electron chi connectivity index (χ0n) is 12.0. The molecule has 0 spiro atoms. The lowest BCUT2D eigenvalue weighted by Crippen LogP contribution is -2.31. The van der Waals surface area contributed by atoms with E-state index in [2.05, 4.69) is 5.32 Å². The summed E-state index contributed by atoms with van der Waals surface area (Å²) in [5.74, 6) is -0.862. The van der Waals surface area contributed by atoms with Gasteiger partial charge in [-0.05, 0) is 30.8 Å². The van der Waals surface area contributed by atoms with Gasteiger partial charge in [0.2, 0.25) is 0 Å². The minimum absolute atomic E-state index is 0.195. The van der Waals surface area contributed by atoms with E-state index in [4.69, 9.17) is 22.1 Å². The molecule has 0 radical (unpaired) electrons. The van der Waals surface area contributed by atoms with Gasteiger partial charge in [0.25, 0.3) is 5.91 Å². The van der Waals surface area contributed by atoms with E-state index in [9.17, 15) is 9.59 Å². The Bertz CT molecular complexity index is 642. The number of carboxylic acids is 1. The number of hydrogen-bond donors (Lipinski definition) is 2. The van der Waals surface area contributed by atoms with Gasteiger partial charge < -0.3 is 15.2 Å². The lowest BCUT2D eigenvalue weighted by atomic mass is 10.1. The van der Waals surface area contributed by atoms with Crippen LogP contribution in [0.3, 0.4) is 0 Å². The van der Waals surface area contributed by atoms with Gasteiger partial charge in [0.1, 0.15) is 11.4 Å². The van der Waals surface area contributed by atoms with Crippen LogP contribution in [0, 0.1) is 0 Å². The van der Waals surface area contributed by atoms with Crippen LogP contribution in [0.5, 0.6) is 5.75 Å². The Balaban J connectivity index is 2.24. The third-order valence-electron chi connectivity index (χ3n) is 2.98. The average molecular weight is 320 g/mol. The second-order valence-electron chi connectivity index (χ2n) is 4.67. The molecule has 2 rings (SSSR count). The topological polar surface area (TPSA) is 78.9 Å². The smallest absolute Gasteiger partial charge is 0.341 e. The first-order chi connectivity index (χ1) is 10.5. The average Bonchev–Trinajstić information content (AvgIpc) is 2.74. The molecule has 22 heavy (non-hydrogen) atoms. The van der Waals surface area contributed by atoms with E-state index in [1.807, 2.05) is 6.92 Å². The summed E-state index contributed by atoms with van der Waals surface area (Å²) < 4.78 is 5.22. The van der Waals surface area contributed by atoms with E-state index in [1.165, 1.54) is 4.90 Å². The van der Waals surface area contributed by atoms with Crippen molar-refractivity contribution >= 4 is 35.3 Å². The van der Waals surface area contributed by atoms with Crippen LogP contribution in [0.2, 0.25) is 0 Å². The van der Waals surface area contributed by atoms with Crippen molar-refractivity contribution in [3.05, 3.63) is 35.5 Å². The highest BCUT2D eigenvalue weighted by Gasteiger charge is 2.29. The summed E-state index contributed by atoms with van der Waals surface area (Å²) >= 11 is 5.14. The van der Waals surface area contributed by atoms with Gasteiger partial charge >= 0.3 is 5.97 Å². The molecule has 1 aromatic rings. The third kappa shape index (κ3) is 3.62. The largest absolute Gasteiger partial charge is 0.481 e. The molecule has 1 aromatic carbocycles. The number of hydrogen-bond acceptors (Lipinski definition) is 4. The van der Waals surface area contributed by atoms with Gasteiger partial charge in [0.15, 0.2) is 11.7 Å². The highest BCUT2D eigenvalue weighted by Crippen LogP contribution is 2.22. The molecule has 6 nitrogen and oxygen atoms in total. The van der Waals surface area contributed by atoms with Crippen LogP contribution < -0.4 is 10.1 Å². The molecule has 1 amide bonds. The minimum atomic E-state index is -1.06. The number of nitrogens with zero attached hydrogens (tertiary/aromatic N) is 1. The molecular weight excluding hydrogens is 304 g/mol.